The van der Waals surface area contributed by atoms with Gasteiger partial charge in [0.25, 0.3) is 0 Å². The van der Waals surface area contributed by atoms with Crippen molar-refractivity contribution >= 4 is 5.78 Å². The van der Waals surface area contributed by atoms with Crippen molar-refractivity contribution in [1.82, 2.24) is 9.97 Å². The van der Waals surface area contributed by atoms with Crippen LogP contribution in [-0.2, 0) is 14.3 Å². The predicted octanol–water partition coefficient (Wildman–Crippen LogP) is -0.409. The van der Waals surface area contributed by atoms with Gasteiger partial charge in [-0.25, -0.2) is 9.97 Å². The molecule has 1 aromatic heterocycles. The van der Waals surface area contributed by atoms with Crippen LogP contribution >= 0.6 is 0 Å². The van der Waals surface area contributed by atoms with Crippen LogP contribution in [0.3, 0.4) is 0 Å². The summed E-state index contributed by atoms with van der Waals surface area (Å²) in [5.74, 6) is -0.0231. The van der Waals surface area contributed by atoms with Crippen LogP contribution < -0.4 is 4.74 Å². The summed E-state index contributed by atoms with van der Waals surface area (Å²) >= 11 is 0. The SMILES string of the molecule is O=C1COC2C(Oc3ncccn3)COC12. The van der Waals surface area contributed by atoms with Gasteiger partial charge in [-0.05, 0) is 6.07 Å². The molecule has 2 fully saturated rings. The quantitative estimate of drug-likeness (QED) is 0.677. The van der Waals surface area contributed by atoms with Gasteiger partial charge >= 0.3 is 6.01 Å². The third kappa shape index (κ3) is 1.56. The molecule has 3 rings (SSSR count). The molecule has 2 aliphatic heterocycles. The average Bonchev–Trinajstić information content (AvgIpc) is 2.86. The van der Waals surface area contributed by atoms with Gasteiger partial charge < -0.3 is 14.2 Å². The summed E-state index contributed by atoms with van der Waals surface area (Å²) in [6, 6.07) is 1.98. The van der Waals surface area contributed by atoms with E-state index in [0.29, 0.717) is 6.61 Å². The Bertz CT molecular complexity index is 397. The molecule has 0 bridgehead atoms. The Morgan fingerprint density at radius 3 is 2.94 bits per heavy atom. The van der Waals surface area contributed by atoms with E-state index in [1.807, 2.05) is 0 Å². The van der Waals surface area contributed by atoms with Gasteiger partial charge in [-0.15, -0.1) is 0 Å². The molecule has 2 saturated heterocycles. The summed E-state index contributed by atoms with van der Waals surface area (Å²) in [6.07, 6.45) is 2.08. The molecule has 0 aliphatic carbocycles. The highest BCUT2D eigenvalue weighted by atomic mass is 16.6. The molecule has 6 heteroatoms. The third-order valence-electron chi connectivity index (χ3n) is 2.64. The van der Waals surface area contributed by atoms with Gasteiger partial charge in [-0.1, -0.05) is 0 Å². The lowest BCUT2D eigenvalue weighted by molar-refractivity contribution is -0.125. The molecule has 2 aliphatic rings. The van der Waals surface area contributed by atoms with E-state index in [-0.39, 0.29) is 30.6 Å². The molecule has 0 spiro atoms. The van der Waals surface area contributed by atoms with Crippen molar-refractivity contribution in [2.45, 2.75) is 18.3 Å². The van der Waals surface area contributed by atoms with Crippen LogP contribution in [0, 0.1) is 0 Å². The highest BCUT2D eigenvalue weighted by molar-refractivity contribution is 5.87. The molecule has 0 radical (unpaired) electrons. The summed E-state index contributed by atoms with van der Waals surface area (Å²) < 4.78 is 16.2. The third-order valence-corrected chi connectivity index (χ3v) is 2.64. The second kappa shape index (κ2) is 3.80. The van der Waals surface area contributed by atoms with Crippen LogP contribution in [0.25, 0.3) is 0 Å². The summed E-state index contributed by atoms with van der Waals surface area (Å²) in [5, 5.41) is 0. The maximum absolute atomic E-state index is 11.3. The normalized spacial score (nSPS) is 32.8. The summed E-state index contributed by atoms with van der Waals surface area (Å²) in [5.41, 5.74) is 0. The van der Waals surface area contributed by atoms with E-state index in [4.69, 9.17) is 14.2 Å². The minimum atomic E-state index is -0.478. The highest BCUT2D eigenvalue weighted by Gasteiger charge is 2.48. The topological polar surface area (TPSA) is 70.5 Å². The number of rotatable bonds is 2. The van der Waals surface area contributed by atoms with Gasteiger partial charge in [0.15, 0.2) is 11.9 Å². The Hall–Kier alpha value is -1.53. The summed E-state index contributed by atoms with van der Waals surface area (Å²) in [6.45, 7) is 0.435. The Labute approximate surface area is 91.6 Å². The van der Waals surface area contributed by atoms with Crippen molar-refractivity contribution in [3.63, 3.8) is 0 Å². The lowest BCUT2D eigenvalue weighted by Crippen LogP contribution is -2.34. The average molecular weight is 222 g/mol. The van der Waals surface area contributed by atoms with Gasteiger partial charge in [-0.3, -0.25) is 4.79 Å². The second-order valence-corrected chi connectivity index (χ2v) is 3.68. The maximum atomic E-state index is 11.3. The molecule has 16 heavy (non-hydrogen) atoms. The number of aromatic nitrogens is 2. The van der Waals surface area contributed by atoms with Crippen LogP contribution in [0.15, 0.2) is 18.5 Å². The van der Waals surface area contributed by atoms with Crippen LogP contribution in [-0.4, -0.2) is 47.3 Å². The number of nitrogens with zero attached hydrogens (tertiary/aromatic N) is 2. The number of Topliss-reactive ketones (excluding diaryl/α,β-unsaturated/α-hetero) is 1. The maximum Gasteiger partial charge on any atom is 0.316 e. The first-order valence-electron chi connectivity index (χ1n) is 5.04. The zero-order valence-electron chi connectivity index (χ0n) is 8.41. The van der Waals surface area contributed by atoms with E-state index in [1.54, 1.807) is 18.5 Å². The van der Waals surface area contributed by atoms with Crippen molar-refractivity contribution < 1.29 is 19.0 Å². The number of carbonyl (C=O) groups excluding carboxylic acids is 1. The zero-order chi connectivity index (χ0) is 11.0. The number of fused-ring (bicyclic) bond motifs is 1. The molecule has 3 atom stereocenters. The van der Waals surface area contributed by atoms with Crippen molar-refractivity contribution in [2.24, 2.45) is 0 Å². The molecule has 0 amide bonds. The first-order valence-corrected chi connectivity index (χ1v) is 5.04. The molecule has 0 N–H and O–H groups in total. The number of hydrogen-bond acceptors (Lipinski definition) is 6. The molecule has 0 aromatic carbocycles. The summed E-state index contributed by atoms with van der Waals surface area (Å²) in [4.78, 5) is 19.2. The fraction of sp³-hybridized carbons (Fsp3) is 0.500. The smallest absolute Gasteiger partial charge is 0.316 e. The Morgan fingerprint density at radius 2 is 2.12 bits per heavy atom. The predicted molar refractivity (Wildman–Crippen MR) is 50.9 cm³/mol. The molecule has 84 valence electrons. The van der Waals surface area contributed by atoms with Crippen molar-refractivity contribution in [1.29, 1.82) is 0 Å². The first kappa shape index (κ1) is 9.68. The summed E-state index contributed by atoms with van der Waals surface area (Å²) in [7, 11) is 0. The van der Waals surface area contributed by atoms with Crippen LogP contribution in [0.5, 0.6) is 6.01 Å². The fourth-order valence-corrected chi connectivity index (χ4v) is 1.90. The van der Waals surface area contributed by atoms with E-state index < -0.39 is 6.10 Å². The Balaban J connectivity index is 1.71. The molecule has 1 aromatic rings. The molecule has 3 unspecified atom stereocenters. The van der Waals surface area contributed by atoms with E-state index in [1.165, 1.54) is 0 Å². The van der Waals surface area contributed by atoms with Gasteiger partial charge in [0.1, 0.15) is 18.8 Å². The minimum absolute atomic E-state index is 0.0231. The minimum Gasteiger partial charge on any atom is -0.455 e. The van der Waals surface area contributed by atoms with Crippen molar-refractivity contribution in [2.75, 3.05) is 13.2 Å². The van der Waals surface area contributed by atoms with E-state index >= 15 is 0 Å². The van der Waals surface area contributed by atoms with Gasteiger partial charge in [-0.2, -0.15) is 0 Å². The number of ether oxygens (including phenoxy) is 3. The van der Waals surface area contributed by atoms with Crippen molar-refractivity contribution in [3.8, 4) is 6.01 Å². The van der Waals surface area contributed by atoms with E-state index in [0.717, 1.165) is 0 Å². The zero-order valence-corrected chi connectivity index (χ0v) is 8.41. The van der Waals surface area contributed by atoms with Gasteiger partial charge in [0, 0.05) is 12.4 Å². The number of ketones is 1. The van der Waals surface area contributed by atoms with Gasteiger partial charge in [0.2, 0.25) is 0 Å². The monoisotopic (exact) mass is 222 g/mol. The Kier molecular flexibility index (Phi) is 2.30. The molecular formula is C10H10N2O4. The molecule has 6 nitrogen and oxygen atoms in total. The van der Waals surface area contributed by atoms with Crippen molar-refractivity contribution in [3.05, 3.63) is 18.5 Å². The number of carbonyl (C=O) groups is 1. The largest absolute Gasteiger partial charge is 0.455 e. The number of hydrogen-bond donors (Lipinski definition) is 0. The standard InChI is InChI=1S/C10H10N2O4/c13-6-4-14-9-7(5-15-8(6)9)16-10-11-2-1-3-12-10/h1-3,7-9H,4-5H2. The lowest BCUT2D eigenvalue weighted by Gasteiger charge is -2.15. The molecule has 0 saturated carbocycles. The molecule has 3 heterocycles. The van der Waals surface area contributed by atoms with Crippen LogP contribution in [0.2, 0.25) is 0 Å². The lowest BCUT2D eigenvalue weighted by atomic mass is 10.1. The van der Waals surface area contributed by atoms with Crippen LogP contribution in [0.1, 0.15) is 0 Å². The highest BCUT2D eigenvalue weighted by Crippen LogP contribution is 2.26. The first-order chi connectivity index (χ1) is 7.84. The van der Waals surface area contributed by atoms with E-state index in [2.05, 4.69) is 9.97 Å². The fourth-order valence-electron chi connectivity index (χ4n) is 1.90. The van der Waals surface area contributed by atoms with Crippen LogP contribution in [0.4, 0.5) is 0 Å². The van der Waals surface area contributed by atoms with Gasteiger partial charge in [0.05, 0.1) is 6.61 Å². The second-order valence-electron chi connectivity index (χ2n) is 3.68. The molecular weight excluding hydrogens is 212 g/mol. The Morgan fingerprint density at radius 1 is 1.31 bits per heavy atom. The van der Waals surface area contributed by atoms with E-state index in [9.17, 15) is 4.79 Å².